The number of halogens is 1. The van der Waals surface area contributed by atoms with Gasteiger partial charge in [-0.3, -0.25) is 0 Å². The average Bonchev–Trinajstić information content (AvgIpc) is 2.66. The number of benzene rings is 3. The molecule has 0 bridgehead atoms. The van der Waals surface area contributed by atoms with E-state index in [2.05, 4.69) is 28.1 Å². The van der Waals surface area contributed by atoms with Crippen molar-refractivity contribution < 1.29 is 4.42 Å². The van der Waals surface area contributed by atoms with Crippen molar-refractivity contribution in [2.75, 3.05) is 0 Å². The van der Waals surface area contributed by atoms with Crippen molar-refractivity contribution in [3.8, 4) is 11.3 Å². The van der Waals surface area contributed by atoms with E-state index in [9.17, 15) is 4.79 Å². The van der Waals surface area contributed by atoms with Crippen molar-refractivity contribution in [1.29, 1.82) is 0 Å². The van der Waals surface area contributed by atoms with E-state index in [0.29, 0.717) is 16.7 Å². The summed E-state index contributed by atoms with van der Waals surface area (Å²) in [6, 6.07) is 25.5. The third-order valence-corrected chi connectivity index (χ3v) is 6.57. The minimum atomic E-state index is -0.135. The molecule has 4 rings (SSSR count). The SMILES string of the molecule is O=c1c([Se]c2ccccc2)c(-c2ccccc2)oc2ccc(Br)cc12. The van der Waals surface area contributed by atoms with Crippen LogP contribution in [0.25, 0.3) is 22.3 Å². The van der Waals surface area contributed by atoms with Crippen LogP contribution in [0.2, 0.25) is 0 Å². The zero-order chi connectivity index (χ0) is 17.2. The zero-order valence-corrected chi connectivity index (χ0v) is 16.4. The first-order chi connectivity index (χ1) is 12.2. The molecule has 0 aliphatic carbocycles. The third kappa shape index (κ3) is 3.34. The molecular formula is C21H13BrO2Se. The molecule has 0 amide bonds. The number of hydrogen-bond acceptors (Lipinski definition) is 2. The molecular weight excluding hydrogens is 443 g/mol. The van der Waals surface area contributed by atoms with Crippen molar-refractivity contribution in [2.24, 2.45) is 0 Å². The Kier molecular flexibility index (Phi) is 4.58. The van der Waals surface area contributed by atoms with Crippen LogP contribution >= 0.6 is 15.9 Å². The van der Waals surface area contributed by atoms with Crippen LogP contribution in [0, 0.1) is 0 Å². The first kappa shape index (κ1) is 16.3. The first-order valence-corrected chi connectivity index (χ1v) is 10.3. The molecule has 25 heavy (non-hydrogen) atoms. The van der Waals surface area contributed by atoms with Crippen LogP contribution in [-0.2, 0) is 0 Å². The van der Waals surface area contributed by atoms with Crippen LogP contribution < -0.4 is 14.4 Å². The molecule has 122 valence electrons. The second kappa shape index (κ2) is 7.01. The molecule has 0 N–H and O–H groups in total. The summed E-state index contributed by atoms with van der Waals surface area (Å²) in [6.45, 7) is 0. The van der Waals surface area contributed by atoms with Gasteiger partial charge in [-0.1, -0.05) is 0 Å². The van der Waals surface area contributed by atoms with Gasteiger partial charge in [-0.05, 0) is 0 Å². The molecule has 1 heterocycles. The molecule has 0 saturated carbocycles. The normalized spacial score (nSPS) is 10.9. The van der Waals surface area contributed by atoms with Gasteiger partial charge in [0.1, 0.15) is 0 Å². The van der Waals surface area contributed by atoms with Gasteiger partial charge in [-0.25, -0.2) is 0 Å². The Morgan fingerprint density at radius 2 is 1.52 bits per heavy atom. The predicted molar refractivity (Wildman–Crippen MR) is 107 cm³/mol. The van der Waals surface area contributed by atoms with E-state index in [0.717, 1.165) is 19.0 Å². The van der Waals surface area contributed by atoms with Crippen LogP contribution in [0.4, 0.5) is 0 Å². The van der Waals surface area contributed by atoms with Crippen molar-refractivity contribution in [3.05, 3.63) is 93.6 Å². The maximum atomic E-state index is 13.2. The van der Waals surface area contributed by atoms with Crippen molar-refractivity contribution >= 4 is 50.8 Å². The van der Waals surface area contributed by atoms with Gasteiger partial charge in [0.25, 0.3) is 0 Å². The number of hydrogen-bond donors (Lipinski definition) is 0. The molecule has 0 atom stereocenters. The fourth-order valence-corrected chi connectivity index (χ4v) is 5.05. The standard InChI is InChI=1S/C21H13BrO2Se/c22-15-11-12-18-17(13-15)19(23)21(25-16-9-5-2-6-10-16)20(24-18)14-7-3-1-4-8-14/h1-13H. The van der Waals surface area contributed by atoms with E-state index in [1.54, 1.807) is 0 Å². The fraction of sp³-hybridized carbons (Fsp3) is 0. The third-order valence-electron chi connectivity index (χ3n) is 3.81. The van der Waals surface area contributed by atoms with Gasteiger partial charge in [-0.2, -0.15) is 0 Å². The van der Waals surface area contributed by atoms with Crippen LogP contribution in [0.5, 0.6) is 0 Å². The van der Waals surface area contributed by atoms with E-state index in [1.165, 1.54) is 0 Å². The van der Waals surface area contributed by atoms with Crippen molar-refractivity contribution in [1.82, 2.24) is 0 Å². The number of rotatable bonds is 3. The van der Waals surface area contributed by atoms with E-state index < -0.39 is 0 Å². The quantitative estimate of drug-likeness (QED) is 0.439. The molecule has 0 aliphatic heterocycles. The minimum absolute atomic E-state index is 0.0465. The summed E-state index contributed by atoms with van der Waals surface area (Å²) in [7, 11) is 0. The Balaban J connectivity index is 2.00. The maximum absolute atomic E-state index is 13.2. The van der Waals surface area contributed by atoms with Crippen LogP contribution in [0.1, 0.15) is 0 Å². The molecule has 0 aliphatic rings. The van der Waals surface area contributed by atoms with E-state index >= 15 is 0 Å². The van der Waals surface area contributed by atoms with Crippen LogP contribution in [0.15, 0.2) is 92.5 Å². The molecule has 2 nitrogen and oxygen atoms in total. The van der Waals surface area contributed by atoms with Gasteiger partial charge in [0.15, 0.2) is 0 Å². The molecule has 0 fully saturated rings. The summed E-state index contributed by atoms with van der Waals surface area (Å²) in [5.41, 5.74) is 1.59. The van der Waals surface area contributed by atoms with Crippen molar-refractivity contribution in [2.45, 2.75) is 0 Å². The topological polar surface area (TPSA) is 30.2 Å². The first-order valence-electron chi connectivity index (χ1n) is 7.77. The Bertz CT molecular complexity index is 1090. The molecule has 1 aromatic heterocycles. The van der Waals surface area contributed by atoms with Gasteiger partial charge in [0, 0.05) is 0 Å². The van der Waals surface area contributed by atoms with Gasteiger partial charge in [0.05, 0.1) is 0 Å². The Labute approximate surface area is 159 Å². The zero-order valence-electron chi connectivity index (χ0n) is 13.1. The van der Waals surface area contributed by atoms with Gasteiger partial charge in [-0.15, -0.1) is 0 Å². The van der Waals surface area contributed by atoms with Crippen LogP contribution in [-0.4, -0.2) is 15.0 Å². The summed E-state index contributed by atoms with van der Waals surface area (Å²) >= 11 is 3.31. The molecule has 0 spiro atoms. The molecule has 4 heteroatoms. The van der Waals surface area contributed by atoms with Gasteiger partial charge >= 0.3 is 160 Å². The molecule has 0 unspecified atom stereocenters. The second-order valence-corrected chi connectivity index (χ2v) is 8.70. The fourth-order valence-electron chi connectivity index (χ4n) is 2.63. The van der Waals surface area contributed by atoms with Crippen molar-refractivity contribution in [3.63, 3.8) is 0 Å². The summed E-state index contributed by atoms with van der Waals surface area (Å²) in [4.78, 5) is 13.2. The van der Waals surface area contributed by atoms with Crippen LogP contribution in [0.3, 0.4) is 0 Å². The molecule has 0 radical (unpaired) electrons. The Hall–Kier alpha value is -2.13. The molecule has 4 aromatic rings. The monoisotopic (exact) mass is 456 g/mol. The predicted octanol–water partition coefficient (Wildman–Crippen LogP) is 3.88. The Morgan fingerprint density at radius 1 is 0.840 bits per heavy atom. The second-order valence-electron chi connectivity index (χ2n) is 5.51. The van der Waals surface area contributed by atoms with E-state index in [4.69, 9.17) is 4.42 Å². The van der Waals surface area contributed by atoms with E-state index in [1.807, 2.05) is 66.7 Å². The van der Waals surface area contributed by atoms with Gasteiger partial charge in [0.2, 0.25) is 0 Å². The molecule has 0 saturated heterocycles. The average molecular weight is 456 g/mol. The summed E-state index contributed by atoms with van der Waals surface area (Å²) in [5, 5.41) is 0.613. The van der Waals surface area contributed by atoms with E-state index in [-0.39, 0.29) is 20.4 Å². The molecule has 3 aromatic carbocycles. The summed E-state index contributed by atoms with van der Waals surface area (Å²) < 4.78 is 8.95. The Morgan fingerprint density at radius 3 is 2.24 bits per heavy atom. The summed E-state index contributed by atoms with van der Waals surface area (Å²) in [5.74, 6) is 0.671. The summed E-state index contributed by atoms with van der Waals surface area (Å²) in [6.07, 6.45) is 0. The number of fused-ring (bicyclic) bond motifs is 1. The van der Waals surface area contributed by atoms with Gasteiger partial charge < -0.3 is 0 Å².